The molecule has 0 bridgehead atoms. The summed E-state index contributed by atoms with van der Waals surface area (Å²) in [6.07, 6.45) is 0. The fourth-order valence-electron chi connectivity index (χ4n) is 0.958. The van der Waals surface area contributed by atoms with Gasteiger partial charge in [0, 0.05) is 5.57 Å². The highest BCUT2D eigenvalue weighted by atomic mass is 127. The summed E-state index contributed by atoms with van der Waals surface area (Å²) in [5, 5.41) is 9.51. The number of esters is 1. The molecule has 0 radical (unpaired) electrons. The number of phenolic OH excluding ortho intramolecular Hbond substituents is 1. The number of halogens is 1. The zero-order valence-corrected chi connectivity index (χ0v) is 10.7. The Morgan fingerprint density at radius 1 is 1.53 bits per heavy atom. The summed E-state index contributed by atoms with van der Waals surface area (Å²) in [5.74, 6) is 0.171. The summed E-state index contributed by atoms with van der Waals surface area (Å²) in [6.45, 7) is 6.82. The van der Waals surface area contributed by atoms with E-state index in [0.717, 1.165) is 0 Å². The molecule has 0 aliphatic carbocycles. The summed E-state index contributed by atoms with van der Waals surface area (Å²) in [4.78, 5) is 11.2. The molecule has 3 nitrogen and oxygen atoms in total. The minimum absolute atomic E-state index is 0.214. The van der Waals surface area contributed by atoms with E-state index in [4.69, 9.17) is 4.74 Å². The summed E-state index contributed by atoms with van der Waals surface area (Å²) in [6, 6.07) is 3.21. The third-order valence-corrected chi connectivity index (χ3v) is 2.61. The van der Waals surface area contributed by atoms with Crippen molar-refractivity contribution in [1.82, 2.24) is 0 Å². The third-order valence-electron chi connectivity index (χ3n) is 1.79. The fourth-order valence-corrected chi connectivity index (χ4v) is 1.69. The zero-order chi connectivity index (χ0) is 11.6. The van der Waals surface area contributed by atoms with E-state index >= 15 is 0 Å². The monoisotopic (exact) mass is 318 g/mol. The van der Waals surface area contributed by atoms with Gasteiger partial charge in [0.25, 0.3) is 0 Å². The van der Waals surface area contributed by atoms with Gasteiger partial charge >= 0.3 is 5.97 Å². The Hall–Kier alpha value is -1.04. The largest absolute Gasteiger partial charge is 0.507 e. The lowest BCUT2D eigenvalue weighted by Gasteiger charge is -2.07. The van der Waals surface area contributed by atoms with Crippen LogP contribution in [0.25, 0.3) is 0 Å². The van der Waals surface area contributed by atoms with Crippen LogP contribution >= 0.6 is 22.6 Å². The molecule has 1 aromatic carbocycles. The molecule has 1 N–H and O–H groups in total. The molecule has 0 atom stereocenters. The minimum atomic E-state index is -0.462. The number of carbonyl (C=O) groups excluding carboxylic acids is 1. The van der Waals surface area contributed by atoms with E-state index in [1.165, 1.54) is 0 Å². The number of phenols is 1. The topological polar surface area (TPSA) is 46.5 Å². The first-order valence-electron chi connectivity index (χ1n) is 4.28. The molecule has 1 aromatic rings. The summed E-state index contributed by atoms with van der Waals surface area (Å²) in [5.41, 5.74) is 1.02. The van der Waals surface area contributed by atoms with E-state index in [-0.39, 0.29) is 5.75 Å². The summed E-state index contributed by atoms with van der Waals surface area (Å²) in [7, 11) is 0. The van der Waals surface area contributed by atoms with Gasteiger partial charge in [0.15, 0.2) is 0 Å². The zero-order valence-electron chi connectivity index (χ0n) is 8.50. The lowest BCUT2D eigenvalue weighted by molar-refractivity contribution is -0.130. The second-order valence-electron chi connectivity index (χ2n) is 3.24. The Morgan fingerprint density at radius 3 is 2.60 bits per heavy atom. The van der Waals surface area contributed by atoms with Crippen LogP contribution in [0.3, 0.4) is 0 Å². The smallest absolute Gasteiger partial charge is 0.338 e. The van der Waals surface area contributed by atoms with E-state index < -0.39 is 5.97 Å². The molecule has 4 heteroatoms. The van der Waals surface area contributed by atoms with Crippen molar-refractivity contribution in [1.29, 1.82) is 0 Å². The second-order valence-corrected chi connectivity index (χ2v) is 4.40. The molecule has 0 saturated carbocycles. The molecule has 0 spiro atoms. The molecule has 0 aromatic heterocycles. The number of rotatable bonds is 2. The van der Waals surface area contributed by atoms with Gasteiger partial charge in [-0.25, -0.2) is 4.79 Å². The number of benzene rings is 1. The maximum Gasteiger partial charge on any atom is 0.338 e. The van der Waals surface area contributed by atoms with E-state index in [0.29, 0.717) is 20.5 Å². The highest BCUT2D eigenvalue weighted by Gasteiger charge is 2.09. The third kappa shape index (κ3) is 2.95. The van der Waals surface area contributed by atoms with Crippen LogP contribution in [0.4, 0.5) is 0 Å². The predicted octanol–water partition coefficient (Wildman–Crippen LogP) is 2.79. The van der Waals surface area contributed by atoms with Gasteiger partial charge in [-0.15, -0.1) is 0 Å². The Bertz CT molecular complexity index is 401. The Labute approximate surface area is 102 Å². The van der Waals surface area contributed by atoms with Gasteiger partial charge in [0.05, 0.1) is 3.57 Å². The first kappa shape index (κ1) is 12.0. The highest BCUT2D eigenvalue weighted by molar-refractivity contribution is 14.1. The van der Waals surface area contributed by atoms with Gasteiger partial charge in [-0.05, 0) is 54.1 Å². The predicted molar refractivity (Wildman–Crippen MR) is 66.0 cm³/mol. The van der Waals surface area contributed by atoms with E-state index in [9.17, 15) is 9.90 Å². The van der Waals surface area contributed by atoms with Crippen LogP contribution < -0.4 is 4.74 Å². The average molecular weight is 318 g/mol. The van der Waals surface area contributed by atoms with Gasteiger partial charge in [-0.2, -0.15) is 0 Å². The molecular weight excluding hydrogens is 307 g/mol. The molecule has 0 amide bonds. The minimum Gasteiger partial charge on any atom is -0.507 e. The van der Waals surface area contributed by atoms with E-state index in [2.05, 4.69) is 6.58 Å². The number of aromatic hydroxyl groups is 1. The lowest BCUT2D eigenvalue weighted by Crippen LogP contribution is -2.08. The van der Waals surface area contributed by atoms with Crippen molar-refractivity contribution in [2.45, 2.75) is 13.8 Å². The Balaban J connectivity index is 2.98. The van der Waals surface area contributed by atoms with E-state index in [1.807, 2.05) is 22.6 Å². The molecule has 0 heterocycles. The van der Waals surface area contributed by atoms with Crippen LogP contribution in [-0.2, 0) is 4.79 Å². The highest BCUT2D eigenvalue weighted by Crippen LogP contribution is 2.29. The molecule has 0 aliphatic rings. The van der Waals surface area contributed by atoms with Crippen LogP contribution in [0.5, 0.6) is 11.5 Å². The quantitative estimate of drug-likeness (QED) is 0.395. The Morgan fingerprint density at radius 2 is 2.13 bits per heavy atom. The van der Waals surface area contributed by atoms with Crippen molar-refractivity contribution in [3.63, 3.8) is 0 Å². The normalized spacial score (nSPS) is 9.80. The molecule has 80 valence electrons. The van der Waals surface area contributed by atoms with Crippen molar-refractivity contribution in [2.75, 3.05) is 0 Å². The molecule has 15 heavy (non-hydrogen) atoms. The first-order chi connectivity index (χ1) is 6.91. The van der Waals surface area contributed by atoms with Crippen molar-refractivity contribution < 1.29 is 14.6 Å². The van der Waals surface area contributed by atoms with Crippen molar-refractivity contribution >= 4 is 28.6 Å². The van der Waals surface area contributed by atoms with Crippen molar-refractivity contribution in [3.05, 3.63) is 33.4 Å². The number of hydrogen-bond donors (Lipinski definition) is 1. The first-order valence-corrected chi connectivity index (χ1v) is 5.36. The molecule has 1 rings (SSSR count). The van der Waals surface area contributed by atoms with Crippen molar-refractivity contribution in [3.8, 4) is 11.5 Å². The lowest BCUT2D eigenvalue weighted by atomic mass is 10.2. The van der Waals surface area contributed by atoms with Crippen LogP contribution in [-0.4, -0.2) is 11.1 Å². The average Bonchev–Trinajstić information content (AvgIpc) is 2.13. The van der Waals surface area contributed by atoms with Crippen LogP contribution in [0.1, 0.15) is 12.5 Å². The van der Waals surface area contributed by atoms with Gasteiger partial charge < -0.3 is 9.84 Å². The second kappa shape index (κ2) is 4.65. The summed E-state index contributed by atoms with van der Waals surface area (Å²) < 4.78 is 5.69. The maximum atomic E-state index is 11.2. The standard InChI is InChI=1S/C11H11IO3/c1-6(2)11(14)15-8-4-7(3)10(13)9(12)5-8/h4-5,13H,1H2,2-3H3. The van der Waals surface area contributed by atoms with Crippen LogP contribution in [0.2, 0.25) is 0 Å². The fraction of sp³-hybridized carbons (Fsp3) is 0.182. The van der Waals surface area contributed by atoms with Crippen molar-refractivity contribution in [2.24, 2.45) is 0 Å². The molecule has 0 fully saturated rings. The van der Waals surface area contributed by atoms with Gasteiger partial charge in [0.1, 0.15) is 11.5 Å². The van der Waals surface area contributed by atoms with Crippen LogP contribution in [0.15, 0.2) is 24.3 Å². The number of aryl methyl sites for hydroxylation is 1. The van der Waals surface area contributed by atoms with E-state index in [1.54, 1.807) is 26.0 Å². The Kier molecular flexibility index (Phi) is 3.73. The van der Waals surface area contributed by atoms with Gasteiger partial charge in [-0.3, -0.25) is 0 Å². The van der Waals surface area contributed by atoms with Crippen LogP contribution in [0, 0.1) is 10.5 Å². The molecule has 0 unspecified atom stereocenters. The molecular formula is C11H11IO3. The molecule has 0 aliphatic heterocycles. The van der Waals surface area contributed by atoms with Gasteiger partial charge in [0.2, 0.25) is 0 Å². The SMILES string of the molecule is C=C(C)C(=O)Oc1cc(C)c(O)c(I)c1. The van der Waals surface area contributed by atoms with Gasteiger partial charge in [-0.1, -0.05) is 6.58 Å². The molecule has 0 saturated heterocycles. The number of carbonyl (C=O) groups is 1. The number of ether oxygens (including phenoxy) is 1. The maximum absolute atomic E-state index is 11.2. The number of hydrogen-bond acceptors (Lipinski definition) is 3. The summed E-state index contributed by atoms with van der Waals surface area (Å²) >= 11 is 1.98.